The molecule has 5 heteroatoms. The molecule has 128 valence electrons. The van der Waals surface area contributed by atoms with Crippen LogP contribution in [0.1, 0.15) is 31.9 Å². The number of anilines is 1. The number of hydrogen-bond acceptors (Lipinski definition) is 5. The van der Waals surface area contributed by atoms with Gasteiger partial charge in [0, 0.05) is 40.0 Å². The van der Waals surface area contributed by atoms with Gasteiger partial charge in [-0.1, -0.05) is 12.1 Å². The molecule has 0 amide bonds. The van der Waals surface area contributed by atoms with Gasteiger partial charge in [0.1, 0.15) is 0 Å². The van der Waals surface area contributed by atoms with E-state index in [1.54, 1.807) is 23.3 Å². The summed E-state index contributed by atoms with van der Waals surface area (Å²) in [5, 5.41) is 4.27. The molecule has 1 fully saturated rings. The summed E-state index contributed by atoms with van der Waals surface area (Å²) in [5.41, 5.74) is 4.68. The van der Waals surface area contributed by atoms with Gasteiger partial charge in [0.15, 0.2) is 0 Å². The SMILES string of the molecule is CC(C)(C)S/N=C(\c1ccc(N2CCOCC2)cc1)c1ccsc1. The molecule has 2 aromatic rings. The first-order valence-electron chi connectivity index (χ1n) is 8.25. The van der Waals surface area contributed by atoms with Crippen molar-refractivity contribution in [1.82, 2.24) is 0 Å². The summed E-state index contributed by atoms with van der Waals surface area (Å²) in [6.45, 7) is 10.1. The second-order valence-corrected chi connectivity index (χ2v) is 9.17. The minimum Gasteiger partial charge on any atom is -0.378 e. The van der Waals surface area contributed by atoms with Crippen LogP contribution in [0.4, 0.5) is 5.69 Å². The van der Waals surface area contributed by atoms with Crippen molar-refractivity contribution in [2.75, 3.05) is 31.2 Å². The fourth-order valence-electron chi connectivity index (χ4n) is 2.51. The Morgan fingerprint density at radius 2 is 1.79 bits per heavy atom. The molecule has 0 N–H and O–H groups in total. The molecule has 0 spiro atoms. The van der Waals surface area contributed by atoms with E-state index >= 15 is 0 Å². The van der Waals surface area contributed by atoms with E-state index in [0.717, 1.165) is 32.0 Å². The van der Waals surface area contributed by atoms with E-state index in [2.05, 4.69) is 66.8 Å². The minimum atomic E-state index is 0.106. The molecule has 0 atom stereocenters. The summed E-state index contributed by atoms with van der Waals surface area (Å²) in [7, 11) is 0. The number of hydrogen-bond donors (Lipinski definition) is 0. The maximum Gasteiger partial charge on any atom is 0.0866 e. The van der Waals surface area contributed by atoms with Crippen molar-refractivity contribution in [2.45, 2.75) is 25.5 Å². The highest BCUT2D eigenvalue weighted by Crippen LogP contribution is 2.28. The van der Waals surface area contributed by atoms with Gasteiger partial charge in [-0.15, -0.1) is 0 Å². The van der Waals surface area contributed by atoms with Crippen LogP contribution in [-0.4, -0.2) is 36.8 Å². The summed E-state index contributed by atoms with van der Waals surface area (Å²) in [6, 6.07) is 10.9. The Balaban J connectivity index is 1.85. The van der Waals surface area contributed by atoms with Crippen LogP contribution < -0.4 is 4.90 Å². The lowest BCUT2D eigenvalue weighted by Gasteiger charge is -2.29. The van der Waals surface area contributed by atoms with Gasteiger partial charge < -0.3 is 9.64 Å². The molecule has 1 aromatic heterocycles. The number of nitrogens with zero attached hydrogens (tertiary/aromatic N) is 2. The van der Waals surface area contributed by atoms with E-state index in [1.165, 1.54) is 16.8 Å². The highest BCUT2D eigenvalue weighted by atomic mass is 32.2. The van der Waals surface area contributed by atoms with Crippen molar-refractivity contribution in [3.63, 3.8) is 0 Å². The summed E-state index contributed by atoms with van der Waals surface area (Å²) >= 11 is 3.34. The van der Waals surface area contributed by atoms with Crippen molar-refractivity contribution in [2.24, 2.45) is 4.40 Å². The van der Waals surface area contributed by atoms with E-state index in [4.69, 9.17) is 9.13 Å². The molecule has 2 heterocycles. The zero-order chi connectivity index (χ0) is 17.0. The fourth-order valence-corrected chi connectivity index (χ4v) is 3.72. The Kier molecular flexibility index (Phi) is 5.64. The first-order chi connectivity index (χ1) is 11.5. The van der Waals surface area contributed by atoms with Crippen molar-refractivity contribution in [3.8, 4) is 0 Å². The van der Waals surface area contributed by atoms with Crippen LogP contribution in [-0.2, 0) is 4.74 Å². The molecule has 24 heavy (non-hydrogen) atoms. The molecule has 1 aliphatic heterocycles. The lowest BCUT2D eigenvalue weighted by atomic mass is 10.0. The Bertz CT molecular complexity index is 666. The van der Waals surface area contributed by atoms with E-state index in [0.29, 0.717) is 0 Å². The van der Waals surface area contributed by atoms with Gasteiger partial charge in [-0.05, 0) is 56.3 Å². The van der Waals surface area contributed by atoms with E-state index < -0.39 is 0 Å². The second kappa shape index (κ2) is 7.72. The molecule has 0 radical (unpaired) electrons. The zero-order valence-corrected chi connectivity index (χ0v) is 16.1. The topological polar surface area (TPSA) is 24.8 Å². The first kappa shape index (κ1) is 17.5. The third-order valence-corrected chi connectivity index (χ3v) is 5.23. The normalized spacial score (nSPS) is 16.5. The van der Waals surface area contributed by atoms with Crippen LogP contribution in [0.15, 0.2) is 45.5 Å². The van der Waals surface area contributed by atoms with Gasteiger partial charge in [0.05, 0.1) is 18.9 Å². The number of rotatable bonds is 4. The molecule has 0 aliphatic carbocycles. The average Bonchev–Trinajstić information content (AvgIpc) is 3.10. The Hall–Kier alpha value is -1.30. The van der Waals surface area contributed by atoms with Crippen molar-refractivity contribution >= 4 is 34.7 Å². The maximum absolute atomic E-state index is 5.43. The number of ether oxygens (including phenoxy) is 1. The predicted octanol–water partition coefficient (Wildman–Crippen LogP) is 4.87. The first-order valence-corrected chi connectivity index (χ1v) is 9.96. The third-order valence-electron chi connectivity index (χ3n) is 3.72. The van der Waals surface area contributed by atoms with E-state index in [9.17, 15) is 0 Å². The molecule has 1 aliphatic rings. The molecular formula is C19H24N2OS2. The van der Waals surface area contributed by atoms with E-state index in [1.807, 2.05) is 0 Å². The molecule has 3 nitrogen and oxygen atoms in total. The van der Waals surface area contributed by atoms with Crippen LogP contribution in [0.3, 0.4) is 0 Å². The predicted molar refractivity (Wildman–Crippen MR) is 107 cm³/mol. The van der Waals surface area contributed by atoms with Gasteiger partial charge in [-0.3, -0.25) is 0 Å². The van der Waals surface area contributed by atoms with Gasteiger partial charge >= 0.3 is 0 Å². The zero-order valence-electron chi connectivity index (χ0n) is 14.5. The van der Waals surface area contributed by atoms with Crippen molar-refractivity contribution in [1.29, 1.82) is 0 Å². The molecular weight excluding hydrogens is 336 g/mol. The van der Waals surface area contributed by atoms with Gasteiger partial charge in [-0.25, -0.2) is 4.40 Å². The third kappa shape index (κ3) is 4.62. The van der Waals surface area contributed by atoms with Crippen molar-refractivity contribution in [3.05, 3.63) is 52.2 Å². The highest BCUT2D eigenvalue weighted by Gasteiger charge is 2.15. The second-order valence-electron chi connectivity index (χ2n) is 6.80. The van der Waals surface area contributed by atoms with Crippen LogP contribution in [0, 0.1) is 0 Å². The van der Waals surface area contributed by atoms with Crippen molar-refractivity contribution < 1.29 is 4.74 Å². The van der Waals surface area contributed by atoms with Gasteiger partial charge in [0.2, 0.25) is 0 Å². The lowest BCUT2D eigenvalue weighted by molar-refractivity contribution is 0.122. The monoisotopic (exact) mass is 360 g/mol. The summed E-state index contributed by atoms with van der Waals surface area (Å²) < 4.78 is 10.4. The Labute approximate surface area is 152 Å². The smallest absolute Gasteiger partial charge is 0.0866 e. The van der Waals surface area contributed by atoms with Crippen LogP contribution in [0.2, 0.25) is 0 Å². The number of benzene rings is 1. The number of thiophene rings is 1. The summed E-state index contributed by atoms with van der Waals surface area (Å²) in [6.07, 6.45) is 0. The fraction of sp³-hybridized carbons (Fsp3) is 0.421. The lowest BCUT2D eigenvalue weighted by Crippen LogP contribution is -2.36. The summed E-state index contributed by atoms with van der Waals surface area (Å²) in [5.74, 6) is 0. The highest BCUT2D eigenvalue weighted by molar-refractivity contribution is 7.99. The quantitative estimate of drug-likeness (QED) is 0.574. The molecule has 0 unspecified atom stereocenters. The number of morpholine rings is 1. The standard InChI is InChI=1S/C19H24N2OS2/c1-19(2,3)24-20-18(16-8-13-23-14-16)15-4-6-17(7-5-15)21-9-11-22-12-10-21/h4-8,13-14H,9-12H2,1-3H3/b20-18+. The van der Waals surface area contributed by atoms with Gasteiger partial charge in [0.25, 0.3) is 0 Å². The average molecular weight is 361 g/mol. The molecule has 0 bridgehead atoms. The summed E-state index contributed by atoms with van der Waals surface area (Å²) in [4.78, 5) is 2.37. The molecule has 3 rings (SSSR count). The molecule has 1 aromatic carbocycles. The Morgan fingerprint density at radius 1 is 1.08 bits per heavy atom. The van der Waals surface area contributed by atoms with E-state index in [-0.39, 0.29) is 4.75 Å². The maximum atomic E-state index is 5.43. The molecule has 0 saturated carbocycles. The Morgan fingerprint density at radius 3 is 2.38 bits per heavy atom. The largest absolute Gasteiger partial charge is 0.378 e. The minimum absolute atomic E-state index is 0.106. The van der Waals surface area contributed by atoms with Crippen LogP contribution in [0.5, 0.6) is 0 Å². The van der Waals surface area contributed by atoms with Gasteiger partial charge in [-0.2, -0.15) is 11.3 Å². The van der Waals surface area contributed by atoms with Crippen LogP contribution >= 0.6 is 23.3 Å². The van der Waals surface area contributed by atoms with Crippen LogP contribution in [0.25, 0.3) is 0 Å². The molecule has 1 saturated heterocycles.